The molecule has 0 amide bonds. The van der Waals surface area contributed by atoms with Crippen LogP contribution in [0.15, 0.2) is 30.3 Å². The van der Waals surface area contributed by atoms with Gasteiger partial charge in [-0.15, -0.1) is 0 Å². The van der Waals surface area contributed by atoms with E-state index in [0.29, 0.717) is 6.04 Å². The van der Waals surface area contributed by atoms with E-state index in [0.717, 1.165) is 0 Å². The molecule has 2 aromatic rings. The minimum Gasteiger partial charge on any atom is -0.369 e. The van der Waals surface area contributed by atoms with Crippen molar-refractivity contribution in [2.75, 3.05) is 5.32 Å². The largest absolute Gasteiger partial charge is 0.369 e. The van der Waals surface area contributed by atoms with Gasteiger partial charge in [-0.2, -0.15) is 0 Å². The molecule has 0 bridgehead atoms. The van der Waals surface area contributed by atoms with Crippen LogP contribution in [-0.2, 0) is 7.05 Å². The molecule has 0 unspecified atom stereocenters. The van der Waals surface area contributed by atoms with Crippen LogP contribution in [0.4, 0.5) is 5.82 Å². The first kappa shape index (κ1) is 9.13. The molecule has 0 spiro atoms. The topological polar surface area (TPSA) is 17.0 Å². The van der Waals surface area contributed by atoms with Crippen LogP contribution in [0.1, 0.15) is 13.8 Å². The Balaban J connectivity index is 2.51. The van der Waals surface area contributed by atoms with Crippen molar-refractivity contribution in [3.8, 4) is 0 Å². The van der Waals surface area contributed by atoms with Crippen LogP contribution in [0.25, 0.3) is 10.9 Å². The molecule has 0 radical (unpaired) electrons. The summed E-state index contributed by atoms with van der Waals surface area (Å²) in [6.07, 6.45) is 0. The van der Waals surface area contributed by atoms with E-state index in [1.807, 2.05) is 0 Å². The van der Waals surface area contributed by atoms with E-state index >= 15 is 0 Å². The van der Waals surface area contributed by atoms with Gasteiger partial charge in [0.1, 0.15) is 5.82 Å². The summed E-state index contributed by atoms with van der Waals surface area (Å²) in [7, 11) is 2.09. The summed E-state index contributed by atoms with van der Waals surface area (Å²) in [5.74, 6) is 1.18. The fraction of sp³-hybridized carbons (Fsp3) is 0.333. The van der Waals surface area contributed by atoms with Crippen LogP contribution in [0.2, 0.25) is 0 Å². The molecule has 0 atom stereocenters. The smallest absolute Gasteiger partial charge is 0.106 e. The Hall–Kier alpha value is -1.44. The van der Waals surface area contributed by atoms with Gasteiger partial charge in [0.25, 0.3) is 0 Å². The van der Waals surface area contributed by atoms with Crippen molar-refractivity contribution in [3.63, 3.8) is 0 Å². The van der Waals surface area contributed by atoms with E-state index < -0.39 is 0 Å². The molecule has 0 aliphatic heterocycles. The first-order valence-corrected chi connectivity index (χ1v) is 4.99. The average molecular weight is 188 g/mol. The van der Waals surface area contributed by atoms with Crippen molar-refractivity contribution in [3.05, 3.63) is 30.3 Å². The lowest BCUT2D eigenvalue weighted by molar-refractivity contribution is 0.857. The van der Waals surface area contributed by atoms with Crippen LogP contribution < -0.4 is 5.32 Å². The Kier molecular flexibility index (Phi) is 2.20. The molecule has 2 heteroatoms. The lowest BCUT2D eigenvalue weighted by Gasteiger charge is -2.10. The molecule has 1 heterocycles. The van der Waals surface area contributed by atoms with Gasteiger partial charge in [-0.05, 0) is 26.0 Å². The monoisotopic (exact) mass is 188 g/mol. The van der Waals surface area contributed by atoms with Crippen molar-refractivity contribution in [1.29, 1.82) is 0 Å². The molecule has 74 valence electrons. The zero-order chi connectivity index (χ0) is 10.1. The second-order valence-corrected chi connectivity index (χ2v) is 3.95. The standard InChI is InChI=1S/C12H16N2/c1-9(2)13-12-8-10-6-4-5-7-11(10)14(12)3/h4-9,13H,1-3H3. The van der Waals surface area contributed by atoms with E-state index in [4.69, 9.17) is 0 Å². The van der Waals surface area contributed by atoms with Crippen LogP contribution in [-0.4, -0.2) is 10.6 Å². The number of hydrogen-bond acceptors (Lipinski definition) is 1. The number of aromatic nitrogens is 1. The number of rotatable bonds is 2. The number of nitrogens with zero attached hydrogens (tertiary/aromatic N) is 1. The molecule has 1 aromatic heterocycles. The van der Waals surface area contributed by atoms with Crippen molar-refractivity contribution < 1.29 is 0 Å². The first-order chi connectivity index (χ1) is 6.68. The number of para-hydroxylation sites is 1. The van der Waals surface area contributed by atoms with Crippen LogP contribution >= 0.6 is 0 Å². The molecule has 0 aliphatic carbocycles. The Morgan fingerprint density at radius 1 is 1.21 bits per heavy atom. The van der Waals surface area contributed by atoms with Gasteiger partial charge >= 0.3 is 0 Å². The molecule has 0 aliphatic rings. The van der Waals surface area contributed by atoms with Crippen LogP contribution in [0, 0.1) is 0 Å². The molecule has 2 nitrogen and oxygen atoms in total. The van der Waals surface area contributed by atoms with Crippen molar-refractivity contribution >= 4 is 16.7 Å². The van der Waals surface area contributed by atoms with E-state index in [2.05, 4.69) is 61.1 Å². The van der Waals surface area contributed by atoms with E-state index in [1.165, 1.54) is 16.7 Å². The SMILES string of the molecule is CC(C)Nc1cc2ccccc2n1C. The summed E-state index contributed by atoms with van der Waals surface area (Å²) in [5.41, 5.74) is 1.27. The lowest BCUT2D eigenvalue weighted by Crippen LogP contribution is -2.12. The third-order valence-corrected chi connectivity index (χ3v) is 2.39. The molecule has 0 saturated heterocycles. The number of hydrogen-bond donors (Lipinski definition) is 1. The van der Waals surface area contributed by atoms with Crippen molar-refractivity contribution in [2.24, 2.45) is 7.05 Å². The maximum absolute atomic E-state index is 3.43. The van der Waals surface area contributed by atoms with Gasteiger partial charge in [0.2, 0.25) is 0 Å². The Morgan fingerprint density at radius 2 is 1.93 bits per heavy atom. The summed E-state index contributed by atoms with van der Waals surface area (Å²) in [5, 5.41) is 4.72. The van der Waals surface area contributed by atoms with Gasteiger partial charge < -0.3 is 9.88 Å². The number of fused-ring (bicyclic) bond motifs is 1. The highest BCUT2D eigenvalue weighted by Crippen LogP contribution is 2.22. The highest BCUT2D eigenvalue weighted by molar-refractivity contribution is 5.84. The quantitative estimate of drug-likeness (QED) is 0.766. The Labute approximate surface area is 84.5 Å². The number of benzene rings is 1. The third-order valence-electron chi connectivity index (χ3n) is 2.39. The number of nitrogens with one attached hydrogen (secondary N) is 1. The van der Waals surface area contributed by atoms with Gasteiger partial charge in [-0.1, -0.05) is 18.2 Å². The minimum absolute atomic E-state index is 0.470. The predicted molar refractivity (Wildman–Crippen MR) is 61.7 cm³/mol. The molecule has 14 heavy (non-hydrogen) atoms. The van der Waals surface area contributed by atoms with E-state index in [9.17, 15) is 0 Å². The second-order valence-electron chi connectivity index (χ2n) is 3.95. The summed E-state index contributed by atoms with van der Waals surface area (Å²) >= 11 is 0. The van der Waals surface area contributed by atoms with Crippen molar-refractivity contribution in [2.45, 2.75) is 19.9 Å². The van der Waals surface area contributed by atoms with Gasteiger partial charge in [0, 0.05) is 24.0 Å². The van der Waals surface area contributed by atoms with E-state index in [-0.39, 0.29) is 0 Å². The molecular weight excluding hydrogens is 172 g/mol. The van der Waals surface area contributed by atoms with Gasteiger partial charge in [0.05, 0.1) is 0 Å². The van der Waals surface area contributed by atoms with Crippen LogP contribution in [0.3, 0.4) is 0 Å². The summed E-state index contributed by atoms with van der Waals surface area (Å²) in [4.78, 5) is 0. The zero-order valence-electron chi connectivity index (χ0n) is 8.91. The number of anilines is 1. The first-order valence-electron chi connectivity index (χ1n) is 4.99. The Bertz CT molecular complexity index is 441. The Morgan fingerprint density at radius 3 is 2.57 bits per heavy atom. The summed E-state index contributed by atoms with van der Waals surface area (Å²) in [6, 6.07) is 11.1. The zero-order valence-corrected chi connectivity index (χ0v) is 8.91. The van der Waals surface area contributed by atoms with Crippen molar-refractivity contribution in [1.82, 2.24) is 4.57 Å². The second kappa shape index (κ2) is 3.37. The van der Waals surface area contributed by atoms with Gasteiger partial charge in [0.15, 0.2) is 0 Å². The maximum Gasteiger partial charge on any atom is 0.106 e. The highest BCUT2D eigenvalue weighted by atomic mass is 15.1. The normalized spacial score (nSPS) is 11.1. The predicted octanol–water partition coefficient (Wildman–Crippen LogP) is 3.00. The van der Waals surface area contributed by atoms with Gasteiger partial charge in [-0.25, -0.2) is 0 Å². The lowest BCUT2D eigenvalue weighted by atomic mass is 10.2. The minimum atomic E-state index is 0.470. The molecule has 0 saturated carbocycles. The molecule has 0 fully saturated rings. The fourth-order valence-corrected chi connectivity index (χ4v) is 1.72. The molecular formula is C12H16N2. The maximum atomic E-state index is 3.43. The summed E-state index contributed by atoms with van der Waals surface area (Å²) in [6.45, 7) is 4.30. The van der Waals surface area contributed by atoms with Gasteiger partial charge in [-0.3, -0.25) is 0 Å². The molecule has 2 rings (SSSR count). The van der Waals surface area contributed by atoms with Crippen LogP contribution in [0.5, 0.6) is 0 Å². The van der Waals surface area contributed by atoms with E-state index in [1.54, 1.807) is 0 Å². The highest BCUT2D eigenvalue weighted by Gasteiger charge is 2.04. The average Bonchev–Trinajstić information content (AvgIpc) is 2.44. The summed E-state index contributed by atoms with van der Waals surface area (Å²) < 4.78 is 2.19. The molecule has 1 N–H and O–H groups in total. The fourth-order valence-electron chi connectivity index (χ4n) is 1.72. The number of aryl methyl sites for hydroxylation is 1. The molecule has 1 aromatic carbocycles. The third kappa shape index (κ3) is 1.48.